The quantitative estimate of drug-likeness (QED) is 0.680. The highest BCUT2D eigenvalue weighted by molar-refractivity contribution is 4.93. The van der Waals surface area contributed by atoms with E-state index < -0.39 is 0 Å². The number of hydrogen-bond acceptors (Lipinski definition) is 4. The maximum atomic E-state index is 9.69. The minimum atomic E-state index is -0.201. The third kappa shape index (κ3) is 2.69. The molecule has 15 heavy (non-hydrogen) atoms. The van der Waals surface area contributed by atoms with Crippen molar-refractivity contribution < 1.29 is 14.9 Å². The van der Waals surface area contributed by atoms with E-state index in [1.165, 1.54) is 0 Å². The van der Waals surface area contributed by atoms with Crippen LogP contribution in [0.15, 0.2) is 0 Å². The number of hydrogen-bond donors (Lipinski definition) is 2. The summed E-state index contributed by atoms with van der Waals surface area (Å²) in [5.74, 6) is 0. The fourth-order valence-electron chi connectivity index (χ4n) is 2.81. The third-order valence-electron chi connectivity index (χ3n) is 3.50. The first-order valence-electron chi connectivity index (χ1n) is 5.89. The molecule has 2 N–H and O–H groups in total. The summed E-state index contributed by atoms with van der Waals surface area (Å²) in [6.07, 6.45) is 3.47. The Kier molecular flexibility index (Phi) is 3.61. The number of β-amino-alcohol motifs (C(OH)–C–C–N with tert-alkyl or cyclic N) is 1. The zero-order chi connectivity index (χ0) is 10.7. The Bertz CT molecular complexity index is 206. The summed E-state index contributed by atoms with van der Waals surface area (Å²) < 4.78 is 5.87. The molecular formula is C11H21NO3. The first-order chi connectivity index (χ1) is 7.24. The molecule has 2 rings (SSSR count). The van der Waals surface area contributed by atoms with Crippen molar-refractivity contribution in [2.75, 3.05) is 32.8 Å². The van der Waals surface area contributed by atoms with Crippen LogP contribution in [-0.2, 0) is 4.74 Å². The second kappa shape index (κ2) is 4.78. The Morgan fingerprint density at radius 3 is 3.07 bits per heavy atom. The highest BCUT2D eigenvalue weighted by Gasteiger charge is 2.40. The van der Waals surface area contributed by atoms with Gasteiger partial charge in [0.15, 0.2) is 0 Å². The lowest BCUT2D eigenvalue weighted by Crippen LogP contribution is -2.54. The van der Waals surface area contributed by atoms with Crippen LogP contribution in [0.3, 0.4) is 0 Å². The molecule has 2 aliphatic rings. The van der Waals surface area contributed by atoms with Gasteiger partial charge in [0.05, 0.1) is 18.3 Å². The SMILES string of the molecule is OCCN1CCC[C@]2(C[C@@H](O)CCO2)C1. The van der Waals surface area contributed by atoms with Crippen molar-refractivity contribution in [1.82, 2.24) is 4.90 Å². The van der Waals surface area contributed by atoms with E-state index in [1.54, 1.807) is 0 Å². The van der Waals surface area contributed by atoms with E-state index in [1.807, 2.05) is 0 Å². The largest absolute Gasteiger partial charge is 0.395 e. The molecule has 2 heterocycles. The van der Waals surface area contributed by atoms with Crippen LogP contribution in [0.4, 0.5) is 0 Å². The molecule has 0 aliphatic carbocycles. The molecule has 2 atom stereocenters. The van der Waals surface area contributed by atoms with Gasteiger partial charge < -0.3 is 14.9 Å². The van der Waals surface area contributed by atoms with Crippen LogP contribution in [0.2, 0.25) is 0 Å². The Morgan fingerprint density at radius 2 is 2.33 bits per heavy atom. The van der Waals surface area contributed by atoms with E-state index >= 15 is 0 Å². The predicted octanol–water partition coefficient (Wildman–Crippen LogP) is -0.0154. The molecule has 0 aromatic carbocycles. The van der Waals surface area contributed by atoms with Gasteiger partial charge in [0.1, 0.15) is 0 Å². The molecule has 2 saturated heterocycles. The van der Waals surface area contributed by atoms with Gasteiger partial charge >= 0.3 is 0 Å². The molecule has 4 nitrogen and oxygen atoms in total. The number of rotatable bonds is 2. The van der Waals surface area contributed by atoms with Gasteiger partial charge in [-0.05, 0) is 25.8 Å². The van der Waals surface area contributed by atoms with E-state index in [-0.39, 0.29) is 18.3 Å². The van der Waals surface area contributed by atoms with E-state index in [0.717, 1.165) is 45.3 Å². The molecule has 4 heteroatoms. The molecule has 0 radical (unpaired) electrons. The molecule has 0 amide bonds. The summed E-state index contributed by atoms with van der Waals surface area (Å²) in [7, 11) is 0. The van der Waals surface area contributed by atoms with Crippen LogP contribution in [0.5, 0.6) is 0 Å². The Morgan fingerprint density at radius 1 is 1.47 bits per heavy atom. The van der Waals surface area contributed by atoms with Gasteiger partial charge in [0.2, 0.25) is 0 Å². The van der Waals surface area contributed by atoms with Gasteiger partial charge in [-0.1, -0.05) is 0 Å². The van der Waals surface area contributed by atoms with Crippen molar-refractivity contribution in [3.05, 3.63) is 0 Å². The Hall–Kier alpha value is -0.160. The maximum absolute atomic E-state index is 9.69. The van der Waals surface area contributed by atoms with Gasteiger partial charge in [0, 0.05) is 26.1 Å². The first-order valence-corrected chi connectivity index (χ1v) is 5.89. The average Bonchev–Trinajstić information content (AvgIpc) is 2.17. The minimum Gasteiger partial charge on any atom is -0.395 e. The number of aliphatic hydroxyl groups is 2. The third-order valence-corrected chi connectivity index (χ3v) is 3.50. The van der Waals surface area contributed by atoms with Crippen molar-refractivity contribution in [3.8, 4) is 0 Å². The molecule has 2 fully saturated rings. The normalized spacial score (nSPS) is 38.4. The first kappa shape index (κ1) is 11.3. The summed E-state index contributed by atoms with van der Waals surface area (Å²) in [5, 5.41) is 18.6. The topological polar surface area (TPSA) is 52.9 Å². The number of piperidine rings is 1. The van der Waals surface area contributed by atoms with E-state index in [9.17, 15) is 5.11 Å². The second-order valence-electron chi connectivity index (χ2n) is 4.78. The van der Waals surface area contributed by atoms with Crippen LogP contribution >= 0.6 is 0 Å². The molecule has 0 bridgehead atoms. The van der Waals surface area contributed by atoms with Crippen molar-refractivity contribution in [2.45, 2.75) is 37.4 Å². The monoisotopic (exact) mass is 215 g/mol. The zero-order valence-electron chi connectivity index (χ0n) is 9.19. The predicted molar refractivity (Wildman–Crippen MR) is 56.7 cm³/mol. The molecule has 2 aliphatic heterocycles. The van der Waals surface area contributed by atoms with Crippen LogP contribution < -0.4 is 0 Å². The zero-order valence-corrected chi connectivity index (χ0v) is 9.19. The molecule has 0 aromatic rings. The van der Waals surface area contributed by atoms with Crippen LogP contribution in [0.25, 0.3) is 0 Å². The molecule has 0 saturated carbocycles. The Labute approximate surface area is 90.8 Å². The summed E-state index contributed by atoms with van der Waals surface area (Å²) in [4.78, 5) is 2.24. The smallest absolute Gasteiger partial charge is 0.0833 e. The fourth-order valence-corrected chi connectivity index (χ4v) is 2.81. The summed E-state index contributed by atoms with van der Waals surface area (Å²) in [6.45, 7) is 3.51. The standard InChI is InChI=1S/C11H21NO3/c13-6-5-12-4-1-3-11(9-12)8-10(14)2-7-15-11/h10,13-14H,1-9H2/t10-,11-/m0/s1. The number of ether oxygens (including phenoxy) is 1. The van der Waals surface area contributed by atoms with Gasteiger partial charge in [-0.3, -0.25) is 4.90 Å². The van der Waals surface area contributed by atoms with Gasteiger partial charge in [0.25, 0.3) is 0 Å². The van der Waals surface area contributed by atoms with Crippen LogP contribution in [0, 0.1) is 0 Å². The average molecular weight is 215 g/mol. The highest BCUT2D eigenvalue weighted by atomic mass is 16.5. The molecular weight excluding hydrogens is 194 g/mol. The molecule has 0 unspecified atom stereocenters. The molecule has 0 aromatic heterocycles. The van der Waals surface area contributed by atoms with Crippen molar-refractivity contribution in [2.24, 2.45) is 0 Å². The molecule has 88 valence electrons. The van der Waals surface area contributed by atoms with Gasteiger partial charge in [-0.2, -0.15) is 0 Å². The van der Waals surface area contributed by atoms with Crippen molar-refractivity contribution in [3.63, 3.8) is 0 Å². The number of likely N-dealkylation sites (tertiary alicyclic amines) is 1. The van der Waals surface area contributed by atoms with Crippen molar-refractivity contribution >= 4 is 0 Å². The molecule has 1 spiro atoms. The fraction of sp³-hybridized carbons (Fsp3) is 1.00. The number of nitrogens with zero attached hydrogens (tertiary/aromatic N) is 1. The maximum Gasteiger partial charge on any atom is 0.0833 e. The van der Waals surface area contributed by atoms with E-state index in [4.69, 9.17) is 9.84 Å². The number of aliphatic hydroxyl groups excluding tert-OH is 2. The highest BCUT2D eigenvalue weighted by Crippen LogP contribution is 2.33. The lowest BCUT2D eigenvalue weighted by molar-refractivity contribution is -0.147. The second-order valence-corrected chi connectivity index (χ2v) is 4.78. The lowest BCUT2D eigenvalue weighted by atomic mass is 9.84. The van der Waals surface area contributed by atoms with Crippen LogP contribution in [-0.4, -0.2) is 59.7 Å². The van der Waals surface area contributed by atoms with Gasteiger partial charge in [-0.25, -0.2) is 0 Å². The lowest BCUT2D eigenvalue weighted by Gasteiger charge is -2.46. The minimum absolute atomic E-state index is 0.134. The summed E-state index contributed by atoms with van der Waals surface area (Å²) in [6, 6.07) is 0. The van der Waals surface area contributed by atoms with E-state index in [0.29, 0.717) is 6.61 Å². The van der Waals surface area contributed by atoms with E-state index in [2.05, 4.69) is 4.90 Å². The summed E-state index contributed by atoms with van der Waals surface area (Å²) >= 11 is 0. The van der Waals surface area contributed by atoms with Gasteiger partial charge in [-0.15, -0.1) is 0 Å². The summed E-state index contributed by atoms with van der Waals surface area (Å²) in [5.41, 5.74) is -0.134. The van der Waals surface area contributed by atoms with Crippen LogP contribution in [0.1, 0.15) is 25.7 Å². The van der Waals surface area contributed by atoms with Crippen molar-refractivity contribution in [1.29, 1.82) is 0 Å². The Balaban J connectivity index is 1.94.